The highest BCUT2D eigenvalue weighted by Gasteiger charge is 2.28. The average Bonchev–Trinajstić information content (AvgIpc) is 2.20. The third kappa shape index (κ3) is 2.77. The summed E-state index contributed by atoms with van der Waals surface area (Å²) in [5.41, 5.74) is 2.25. The molecule has 17 heavy (non-hydrogen) atoms. The first-order valence-electron chi connectivity index (χ1n) is 5.42. The Bertz CT molecular complexity index is 464. The average molecular weight is 316 g/mol. The Morgan fingerprint density at radius 3 is 2.94 bits per heavy atom. The van der Waals surface area contributed by atoms with E-state index in [1.54, 1.807) is 11.8 Å². The molecule has 2 unspecified atom stereocenters. The normalized spacial score (nSPS) is 22.8. The van der Waals surface area contributed by atoms with Crippen LogP contribution in [0.5, 0.6) is 0 Å². The molecule has 0 fully saturated rings. The third-order valence-electron chi connectivity index (χ3n) is 2.78. The number of benzene rings is 1. The van der Waals surface area contributed by atoms with E-state index in [1.165, 1.54) is 5.56 Å². The zero-order valence-corrected chi connectivity index (χ0v) is 12.1. The number of aryl methyl sites for hydroxylation is 1. The summed E-state index contributed by atoms with van der Waals surface area (Å²) in [6.45, 7) is 4.06. The number of carboxylic acids is 1. The fourth-order valence-corrected chi connectivity index (χ4v) is 4.10. The number of hydrogen-bond acceptors (Lipinski definition) is 3. The van der Waals surface area contributed by atoms with E-state index in [1.807, 2.05) is 13.8 Å². The molecule has 1 aromatic rings. The first-order valence-corrected chi connectivity index (χ1v) is 7.10. The van der Waals surface area contributed by atoms with Gasteiger partial charge < -0.3 is 10.4 Å². The predicted molar refractivity (Wildman–Crippen MR) is 73.9 cm³/mol. The number of thioether (sulfide) groups is 1. The van der Waals surface area contributed by atoms with Gasteiger partial charge in [0.1, 0.15) is 0 Å². The van der Waals surface area contributed by atoms with Gasteiger partial charge in [-0.15, -0.1) is 11.8 Å². The predicted octanol–water partition coefficient (Wildman–Crippen LogP) is 3.51. The number of carbonyl (C=O) groups is 1. The second kappa shape index (κ2) is 4.90. The number of nitrogens with one attached hydrogen (secondary N) is 1. The minimum Gasteiger partial charge on any atom is -0.481 e. The summed E-state index contributed by atoms with van der Waals surface area (Å²) in [5, 5.41) is 12.3. The van der Waals surface area contributed by atoms with Crippen LogP contribution in [0.1, 0.15) is 18.9 Å². The lowest BCUT2D eigenvalue weighted by atomic mass is 10.1. The van der Waals surface area contributed by atoms with E-state index < -0.39 is 5.97 Å². The van der Waals surface area contributed by atoms with Crippen LogP contribution in [0.25, 0.3) is 0 Å². The molecule has 1 aromatic carbocycles. The number of rotatable bonds is 2. The molecule has 92 valence electrons. The molecule has 0 saturated carbocycles. The Morgan fingerprint density at radius 2 is 2.29 bits per heavy atom. The van der Waals surface area contributed by atoms with Gasteiger partial charge in [0.2, 0.25) is 0 Å². The number of carboxylic acid groups (broad SMARTS) is 1. The summed E-state index contributed by atoms with van der Waals surface area (Å²) >= 11 is 5.19. The van der Waals surface area contributed by atoms with Gasteiger partial charge in [-0.25, -0.2) is 0 Å². The summed E-state index contributed by atoms with van der Waals surface area (Å²) < 4.78 is 1.04. The van der Waals surface area contributed by atoms with E-state index in [0.717, 1.165) is 15.1 Å². The number of hydrogen-bond donors (Lipinski definition) is 2. The molecule has 1 aliphatic rings. The van der Waals surface area contributed by atoms with Crippen molar-refractivity contribution in [3.05, 3.63) is 22.2 Å². The largest absolute Gasteiger partial charge is 0.481 e. The second-order valence-corrected chi connectivity index (χ2v) is 6.44. The highest BCUT2D eigenvalue weighted by atomic mass is 79.9. The summed E-state index contributed by atoms with van der Waals surface area (Å²) in [5.74, 6) is -0.744. The molecule has 2 atom stereocenters. The number of anilines is 1. The minimum atomic E-state index is -0.744. The number of aliphatic carboxylic acids is 1. The van der Waals surface area contributed by atoms with Crippen LogP contribution < -0.4 is 5.32 Å². The molecule has 2 rings (SSSR count). The second-order valence-electron chi connectivity index (χ2n) is 4.31. The summed E-state index contributed by atoms with van der Waals surface area (Å²) in [6, 6.07) is 4.32. The molecule has 3 nitrogen and oxygen atoms in total. The monoisotopic (exact) mass is 315 g/mol. The number of halogens is 1. The molecule has 5 heteroatoms. The van der Waals surface area contributed by atoms with Crippen molar-refractivity contribution in [2.24, 2.45) is 0 Å². The van der Waals surface area contributed by atoms with Crippen molar-refractivity contribution in [3.8, 4) is 0 Å². The van der Waals surface area contributed by atoms with Crippen LogP contribution in [0, 0.1) is 6.92 Å². The molecular weight excluding hydrogens is 302 g/mol. The van der Waals surface area contributed by atoms with Gasteiger partial charge in [0.15, 0.2) is 0 Å². The Hall–Kier alpha value is -0.680. The summed E-state index contributed by atoms with van der Waals surface area (Å²) in [7, 11) is 0. The minimum absolute atomic E-state index is 0.0775. The lowest BCUT2D eigenvalue weighted by Gasteiger charge is -2.32. The third-order valence-corrected chi connectivity index (χ3v) is 4.86. The van der Waals surface area contributed by atoms with Crippen molar-refractivity contribution in [1.29, 1.82) is 0 Å². The van der Waals surface area contributed by atoms with E-state index >= 15 is 0 Å². The lowest BCUT2D eigenvalue weighted by molar-refractivity contribution is -0.137. The zero-order valence-electron chi connectivity index (χ0n) is 9.66. The molecular formula is C12H14BrNO2S. The molecule has 1 heterocycles. The molecule has 0 bridgehead atoms. The van der Waals surface area contributed by atoms with Gasteiger partial charge in [-0.1, -0.05) is 0 Å². The fraction of sp³-hybridized carbons (Fsp3) is 0.417. The Labute approximate surface area is 113 Å². The van der Waals surface area contributed by atoms with Crippen molar-refractivity contribution >= 4 is 39.3 Å². The molecule has 1 aliphatic heterocycles. The maximum absolute atomic E-state index is 10.8. The van der Waals surface area contributed by atoms with E-state index in [4.69, 9.17) is 5.11 Å². The molecule has 0 aromatic heterocycles. The van der Waals surface area contributed by atoms with Crippen LogP contribution in [-0.4, -0.2) is 22.4 Å². The molecule has 0 aliphatic carbocycles. The first-order chi connectivity index (χ1) is 7.97. The smallest absolute Gasteiger partial charge is 0.304 e. The van der Waals surface area contributed by atoms with Gasteiger partial charge in [-0.3, -0.25) is 4.79 Å². The van der Waals surface area contributed by atoms with Gasteiger partial charge in [-0.2, -0.15) is 0 Å². The molecule has 0 radical (unpaired) electrons. The molecule has 0 spiro atoms. The van der Waals surface area contributed by atoms with Crippen LogP contribution >= 0.6 is 27.7 Å². The van der Waals surface area contributed by atoms with Crippen LogP contribution in [0.2, 0.25) is 0 Å². The Kier molecular flexibility index (Phi) is 3.68. The van der Waals surface area contributed by atoms with Crippen molar-refractivity contribution in [1.82, 2.24) is 0 Å². The van der Waals surface area contributed by atoms with E-state index in [-0.39, 0.29) is 17.7 Å². The molecule has 0 amide bonds. The van der Waals surface area contributed by atoms with Crippen molar-refractivity contribution < 1.29 is 9.90 Å². The molecule has 2 N–H and O–H groups in total. The first kappa shape index (κ1) is 12.8. The van der Waals surface area contributed by atoms with Crippen LogP contribution in [-0.2, 0) is 4.79 Å². The van der Waals surface area contributed by atoms with E-state index in [0.29, 0.717) is 0 Å². The van der Waals surface area contributed by atoms with Gasteiger partial charge in [0.05, 0.1) is 12.1 Å². The van der Waals surface area contributed by atoms with Crippen LogP contribution in [0.4, 0.5) is 5.69 Å². The Morgan fingerprint density at radius 1 is 1.59 bits per heavy atom. The summed E-state index contributed by atoms with van der Waals surface area (Å²) in [4.78, 5) is 11.9. The van der Waals surface area contributed by atoms with E-state index in [9.17, 15) is 4.79 Å². The van der Waals surface area contributed by atoms with Gasteiger partial charge >= 0.3 is 5.97 Å². The SMILES string of the molecule is Cc1cc(Br)c2c(c1)SC(CC(=O)O)C(C)N2. The maximum atomic E-state index is 10.8. The van der Waals surface area contributed by atoms with Gasteiger partial charge in [0, 0.05) is 20.7 Å². The van der Waals surface area contributed by atoms with Gasteiger partial charge in [-0.05, 0) is 47.5 Å². The van der Waals surface area contributed by atoms with Crippen molar-refractivity contribution in [2.75, 3.05) is 5.32 Å². The van der Waals surface area contributed by atoms with Crippen LogP contribution in [0.3, 0.4) is 0 Å². The highest BCUT2D eigenvalue weighted by molar-refractivity contribution is 9.10. The van der Waals surface area contributed by atoms with Crippen molar-refractivity contribution in [2.45, 2.75) is 36.5 Å². The van der Waals surface area contributed by atoms with Gasteiger partial charge in [0.25, 0.3) is 0 Å². The number of fused-ring (bicyclic) bond motifs is 1. The van der Waals surface area contributed by atoms with E-state index in [2.05, 4.69) is 33.4 Å². The zero-order chi connectivity index (χ0) is 12.6. The highest BCUT2D eigenvalue weighted by Crippen LogP contribution is 2.43. The quantitative estimate of drug-likeness (QED) is 0.877. The molecule has 0 saturated heterocycles. The fourth-order valence-electron chi connectivity index (χ4n) is 1.92. The summed E-state index contributed by atoms with van der Waals surface area (Å²) in [6.07, 6.45) is 0.184. The van der Waals surface area contributed by atoms with Crippen LogP contribution in [0.15, 0.2) is 21.5 Å². The Balaban J connectivity index is 2.30. The standard InChI is InChI=1S/C12H14BrNO2S/c1-6-3-8(13)12-10(4-6)17-9(5-11(15)16)7(2)14-12/h3-4,7,9,14H,5H2,1-2H3,(H,15,16). The maximum Gasteiger partial charge on any atom is 0.304 e. The van der Waals surface area contributed by atoms with Crippen molar-refractivity contribution in [3.63, 3.8) is 0 Å². The lowest BCUT2D eigenvalue weighted by Crippen LogP contribution is -2.33. The topological polar surface area (TPSA) is 49.3 Å².